The molecule has 1 atom stereocenters. The number of benzene rings is 1. The Morgan fingerprint density at radius 1 is 1.26 bits per heavy atom. The molecule has 104 valence electrons. The quantitative estimate of drug-likeness (QED) is 0.797. The molecule has 0 aliphatic carbocycles. The van der Waals surface area contributed by atoms with Gasteiger partial charge in [-0.2, -0.15) is 0 Å². The van der Waals surface area contributed by atoms with Crippen LogP contribution in [0.3, 0.4) is 0 Å². The first-order valence-electron chi connectivity index (χ1n) is 5.76. The normalized spacial score (nSPS) is 12.6. The van der Waals surface area contributed by atoms with E-state index in [0.717, 1.165) is 4.47 Å². The summed E-state index contributed by atoms with van der Waals surface area (Å²) in [6.45, 7) is 5.26. The number of nitrogens with one attached hydrogen (secondary N) is 2. The minimum absolute atomic E-state index is 0.547. The number of carbonyl (C=O) groups is 2. The molecule has 2 amide bonds. The van der Waals surface area contributed by atoms with E-state index in [4.69, 9.17) is 5.11 Å². The second kappa shape index (κ2) is 6.06. The molecule has 1 rings (SSSR count). The Kier molecular flexibility index (Phi) is 4.94. The monoisotopic (exact) mass is 328 g/mol. The van der Waals surface area contributed by atoms with Crippen LogP contribution in [0, 0.1) is 5.41 Å². The van der Waals surface area contributed by atoms with Crippen LogP contribution in [-0.2, 0) is 4.79 Å². The molecule has 0 aliphatic rings. The summed E-state index contributed by atoms with van der Waals surface area (Å²) in [7, 11) is 0. The Labute approximate surface area is 120 Å². The summed E-state index contributed by atoms with van der Waals surface area (Å²) in [5, 5.41) is 14.2. The highest BCUT2D eigenvalue weighted by Crippen LogP contribution is 2.22. The lowest BCUT2D eigenvalue weighted by atomic mass is 9.87. The molecular weight excluding hydrogens is 312 g/mol. The summed E-state index contributed by atoms with van der Waals surface area (Å²) < 4.78 is 0.729. The average Bonchev–Trinajstić information content (AvgIpc) is 2.27. The number of urea groups is 1. The number of hydrogen-bond donors (Lipinski definition) is 3. The molecule has 0 fully saturated rings. The predicted octanol–water partition coefficient (Wildman–Crippen LogP) is 3.07. The number of carbonyl (C=O) groups excluding carboxylic acids is 1. The minimum Gasteiger partial charge on any atom is -0.480 e. The third kappa shape index (κ3) is 4.55. The van der Waals surface area contributed by atoms with Crippen molar-refractivity contribution in [1.29, 1.82) is 0 Å². The second-order valence-corrected chi connectivity index (χ2v) is 6.07. The van der Waals surface area contributed by atoms with Gasteiger partial charge in [-0.15, -0.1) is 0 Å². The molecule has 3 N–H and O–H groups in total. The molecule has 1 aromatic rings. The molecule has 6 heteroatoms. The maximum atomic E-state index is 11.8. The number of carboxylic acids is 1. The molecule has 19 heavy (non-hydrogen) atoms. The summed E-state index contributed by atoms with van der Waals surface area (Å²) in [5.41, 5.74) is 0.00920. The van der Waals surface area contributed by atoms with Crippen LogP contribution in [0.2, 0.25) is 0 Å². The van der Waals surface area contributed by atoms with Crippen molar-refractivity contribution >= 4 is 33.6 Å². The molecule has 0 saturated heterocycles. The number of hydrogen-bond acceptors (Lipinski definition) is 2. The fraction of sp³-hybridized carbons (Fsp3) is 0.385. The van der Waals surface area contributed by atoms with Crippen molar-refractivity contribution in [1.82, 2.24) is 5.32 Å². The number of anilines is 1. The minimum atomic E-state index is -1.06. The lowest BCUT2D eigenvalue weighted by Crippen LogP contribution is -2.50. The van der Waals surface area contributed by atoms with E-state index in [1.165, 1.54) is 0 Å². The zero-order chi connectivity index (χ0) is 14.6. The summed E-state index contributed by atoms with van der Waals surface area (Å²) in [6, 6.07) is 5.59. The topological polar surface area (TPSA) is 78.4 Å². The molecule has 0 radical (unpaired) electrons. The van der Waals surface area contributed by atoms with Gasteiger partial charge in [0.05, 0.1) is 5.69 Å². The van der Waals surface area contributed by atoms with Crippen LogP contribution in [-0.4, -0.2) is 23.1 Å². The van der Waals surface area contributed by atoms with Crippen LogP contribution in [0.1, 0.15) is 20.8 Å². The van der Waals surface area contributed by atoms with E-state index < -0.39 is 23.5 Å². The van der Waals surface area contributed by atoms with Gasteiger partial charge in [-0.25, -0.2) is 9.59 Å². The van der Waals surface area contributed by atoms with Crippen molar-refractivity contribution in [2.45, 2.75) is 26.8 Å². The fourth-order valence-electron chi connectivity index (χ4n) is 1.50. The number of aliphatic carboxylic acids is 1. The van der Waals surface area contributed by atoms with Gasteiger partial charge in [-0.05, 0) is 33.5 Å². The molecule has 0 aromatic heterocycles. The maximum absolute atomic E-state index is 11.8. The van der Waals surface area contributed by atoms with Crippen molar-refractivity contribution in [3.63, 3.8) is 0 Å². The van der Waals surface area contributed by atoms with E-state index in [9.17, 15) is 9.59 Å². The summed E-state index contributed by atoms with van der Waals surface area (Å²) in [6.07, 6.45) is 0. The van der Waals surface area contributed by atoms with Crippen molar-refractivity contribution in [2.75, 3.05) is 5.32 Å². The van der Waals surface area contributed by atoms with Crippen molar-refractivity contribution in [3.05, 3.63) is 28.7 Å². The molecular formula is C13H17BrN2O3. The third-order valence-corrected chi connectivity index (χ3v) is 3.20. The average molecular weight is 329 g/mol. The van der Waals surface area contributed by atoms with Gasteiger partial charge in [0.1, 0.15) is 6.04 Å². The largest absolute Gasteiger partial charge is 0.480 e. The van der Waals surface area contributed by atoms with Crippen LogP contribution in [0.5, 0.6) is 0 Å². The molecule has 0 spiro atoms. The van der Waals surface area contributed by atoms with Crippen molar-refractivity contribution in [2.24, 2.45) is 5.41 Å². The van der Waals surface area contributed by atoms with Gasteiger partial charge in [0.25, 0.3) is 0 Å². The van der Waals surface area contributed by atoms with E-state index in [1.54, 1.807) is 39.0 Å². The lowest BCUT2D eigenvalue weighted by Gasteiger charge is -2.27. The number of amides is 2. The first-order valence-corrected chi connectivity index (χ1v) is 6.56. The zero-order valence-electron chi connectivity index (χ0n) is 11.0. The highest BCUT2D eigenvalue weighted by atomic mass is 79.9. The van der Waals surface area contributed by atoms with Crippen LogP contribution in [0.25, 0.3) is 0 Å². The molecule has 0 bridgehead atoms. The van der Waals surface area contributed by atoms with Gasteiger partial charge in [0, 0.05) is 4.47 Å². The molecule has 0 heterocycles. The third-order valence-electron chi connectivity index (χ3n) is 2.51. The van der Waals surface area contributed by atoms with Crippen LogP contribution in [0.15, 0.2) is 28.7 Å². The Balaban J connectivity index is 2.75. The van der Waals surface area contributed by atoms with Gasteiger partial charge in [0.2, 0.25) is 0 Å². The van der Waals surface area contributed by atoms with E-state index >= 15 is 0 Å². The molecule has 1 unspecified atom stereocenters. The summed E-state index contributed by atoms with van der Waals surface area (Å²) >= 11 is 3.30. The molecule has 0 aliphatic heterocycles. The summed E-state index contributed by atoms with van der Waals surface area (Å²) in [4.78, 5) is 23.0. The van der Waals surface area contributed by atoms with Gasteiger partial charge >= 0.3 is 12.0 Å². The lowest BCUT2D eigenvalue weighted by molar-refractivity contribution is -0.141. The molecule has 0 saturated carbocycles. The Bertz CT molecular complexity index is 483. The van der Waals surface area contributed by atoms with Crippen LogP contribution < -0.4 is 10.6 Å². The number of rotatable bonds is 3. The highest BCUT2D eigenvalue weighted by Gasteiger charge is 2.32. The fourth-order valence-corrected chi connectivity index (χ4v) is 1.88. The first-order chi connectivity index (χ1) is 8.71. The van der Waals surface area contributed by atoms with Crippen molar-refractivity contribution < 1.29 is 14.7 Å². The Hall–Kier alpha value is -1.56. The maximum Gasteiger partial charge on any atom is 0.326 e. The molecule has 5 nitrogen and oxygen atoms in total. The van der Waals surface area contributed by atoms with Gasteiger partial charge < -0.3 is 15.7 Å². The van der Waals surface area contributed by atoms with Gasteiger partial charge in [-0.3, -0.25) is 0 Å². The standard InChI is InChI=1S/C13H17BrN2O3/c1-13(2,3)10(11(17)18)16-12(19)15-9-7-5-4-6-8(9)14/h4-7,10H,1-3H3,(H,17,18)(H2,15,16,19). The zero-order valence-corrected chi connectivity index (χ0v) is 12.6. The van der Waals surface area contributed by atoms with Crippen molar-refractivity contribution in [3.8, 4) is 0 Å². The van der Waals surface area contributed by atoms with E-state index in [-0.39, 0.29) is 0 Å². The highest BCUT2D eigenvalue weighted by molar-refractivity contribution is 9.10. The number of carboxylic acid groups (broad SMARTS) is 1. The van der Waals surface area contributed by atoms with E-state index in [1.807, 2.05) is 6.07 Å². The predicted molar refractivity (Wildman–Crippen MR) is 77.2 cm³/mol. The smallest absolute Gasteiger partial charge is 0.326 e. The Morgan fingerprint density at radius 3 is 2.32 bits per heavy atom. The van der Waals surface area contributed by atoms with Gasteiger partial charge in [-0.1, -0.05) is 32.9 Å². The van der Waals surface area contributed by atoms with Gasteiger partial charge in [0.15, 0.2) is 0 Å². The number of halogens is 1. The SMILES string of the molecule is CC(C)(C)C(NC(=O)Nc1ccccc1Br)C(=O)O. The van der Waals surface area contributed by atoms with Crippen LogP contribution >= 0.6 is 15.9 Å². The molecule has 1 aromatic carbocycles. The number of para-hydroxylation sites is 1. The van der Waals surface area contributed by atoms with E-state index in [0.29, 0.717) is 5.69 Å². The summed E-state index contributed by atoms with van der Waals surface area (Å²) in [5.74, 6) is -1.06. The van der Waals surface area contributed by atoms with Crippen LogP contribution in [0.4, 0.5) is 10.5 Å². The second-order valence-electron chi connectivity index (χ2n) is 5.22. The first kappa shape index (κ1) is 15.5. The van der Waals surface area contributed by atoms with E-state index in [2.05, 4.69) is 26.6 Å². The Morgan fingerprint density at radius 2 is 1.84 bits per heavy atom.